The van der Waals surface area contributed by atoms with E-state index < -0.39 is 13.9 Å². The van der Waals surface area contributed by atoms with E-state index in [4.69, 9.17) is 9.16 Å². The van der Waals surface area contributed by atoms with Crippen molar-refractivity contribution < 1.29 is 18.8 Å². The van der Waals surface area contributed by atoms with Gasteiger partial charge < -0.3 is 14.1 Å². The smallest absolute Gasteiger partial charge is 0.419 e. The van der Waals surface area contributed by atoms with Crippen molar-refractivity contribution in [2.75, 3.05) is 13.2 Å². The summed E-state index contributed by atoms with van der Waals surface area (Å²) >= 11 is 0. The second-order valence-corrected chi connectivity index (χ2v) is 17.6. The van der Waals surface area contributed by atoms with Gasteiger partial charge in [0.25, 0.3) is 0 Å². The molecule has 4 rings (SSSR count). The molecule has 0 aliphatic carbocycles. The molecule has 2 aliphatic heterocycles. The molecule has 1 amide bonds. The summed E-state index contributed by atoms with van der Waals surface area (Å²) in [4.78, 5) is 28.7. The van der Waals surface area contributed by atoms with Gasteiger partial charge in [0.2, 0.25) is 5.91 Å². The van der Waals surface area contributed by atoms with Gasteiger partial charge >= 0.3 is 6.09 Å². The van der Waals surface area contributed by atoms with Crippen LogP contribution in [0.2, 0.25) is 18.1 Å². The Kier molecular flexibility index (Phi) is 6.73. The highest BCUT2D eigenvalue weighted by atomic mass is 28.4. The minimum atomic E-state index is -1.83. The number of fused-ring (bicyclic) bond motifs is 5. The van der Waals surface area contributed by atoms with Gasteiger partial charge in [-0.1, -0.05) is 39.0 Å². The Bertz CT molecular complexity index is 1120. The predicted molar refractivity (Wildman–Crippen MR) is 142 cm³/mol. The first-order valence-electron chi connectivity index (χ1n) is 13.0. The molecule has 2 aromatic rings. The van der Waals surface area contributed by atoms with E-state index in [9.17, 15) is 9.59 Å². The van der Waals surface area contributed by atoms with Crippen molar-refractivity contribution in [2.45, 2.75) is 97.0 Å². The summed E-state index contributed by atoms with van der Waals surface area (Å²) in [5, 5.41) is 1.25. The Morgan fingerprint density at radius 2 is 1.80 bits per heavy atom. The number of aromatic nitrogens is 1. The number of piperidine rings is 1. The maximum Gasteiger partial charge on any atom is 0.419 e. The number of ether oxygens (including phenoxy) is 1. The van der Waals surface area contributed by atoms with Crippen LogP contribution in [0, 0.1) is 5.92 Å². The van der Waals surface area contributed by atoms with Crippen molar-refractivity contribution in [3.8, 4) is 0 Å². The van der Waals surface area contributed by atoms with E-state index in [1.807, 2.05) is 43.9 Å². The van der Waals surface area contributed by atoms with Crippen LogP contribution in [0.3, 0.4) is 0 Å². The molecule has 1 aromatic carbocycles. The van der Waals surface area contributed by atoms with Crippen LogP contribution in [0.15, 0.2) is 24.3 Å². The second-order valence-electron chi connectivity index (χ2n) is 12.8. The minimum absolute atomic E-state index is 0.113. The lowest BCUT2D eigenvalue weighted by Gasteiger charge is -2.43. The van der Waals surface area contributed by atoms with Crippen molar-refractivity contribution in [2.24, 2.45) is 5.92 Å². The van der Waals surface area contributed by atoms with E-state index in [0.717, 1.165) is 35.9 Å². The Hall–Kier alpha value is -2.12. The van der Waals surface area contributed by atoms with Gasteiger partial charge in [-0.2, -0.15) is 0 Å². The Morgan fingerprint density at radius 1 is 1.11 bits per heavy atom. The first-order valence-corrected chi connectivity index (χ1v) is 15.9. The van der Waals surface area contributed by atoms with Crippen LogP contribution in [0.1, 0.15) is 78.1 Å². The fraction of sp³-hybridized carbons (Fsp3) is 0.643. The van der Waals surface area contributed by atoms with Gasteiger partial charge in [0, 0.05) is 25.0 Å². The quantitative estimate of drug-likeness (QED) is 0.442. The number of carbonyl (C=O) groups excluding carboxylic acids is 2. The topological polar surface area (TPSA) is 60.8 Å². The van der Waals surface area contributed by atoms with Crippen molar-refractivity contribution in [3.63, 3.8) is 0 Å². The normalized spacial score (nSPS) is 21.1. The molecule has 7 heteroatoms. The summed E-state index contributed by atoms with van der Waals surface area (Å²) in [6, 6.07) is 7.93. The van der Waals surface area contributed by atoms with E-state index in [-0.39, 0.29) is 29.0 Å². The molecule has 1 saturated heterocycles. The summed E-state index contributed by atoms with van der Waals surface area (Å²) in [5.41, 5.74) is 2.38. The first kappa shape index (κ1) is 26.0. The molecule has 0 unspecified atom stereocenters. The third-order valence-electron chi connectivity index (χ3n) is 8.03. The summed E-state index contributed by atoms with van der Waals surface area (Å²) in [6.45, 7) is 18.3. The first-order chi connectivity index (χ1) is 16.2. The molecule has 1 fully saturated rings. The molecule has 192 valence electrons. The average molecular weight is 499 g/mol. The number of hydrogen-bond acceptors (Lipinski definition) is 4. The van der Waals surface area contributed by atoms with E-state index in [1.165, 1.54) is 5.56 Å². The highest BCUT2D eigenvalue weighted by Crippen LogP contribution is 2.44. The summed E-state index contributed by atoms with van der Waals surface area (Å²) in [5.74, 6) is 0.426. The van der Waals surface area contributed by atoms with Gasteiger partial charge in [-0.05, 0) is 75.7 Å². The third kappa shape index (κ3) is 5.08. The lowest BCUT2D eigenvalue weighted by molar-refractivity contribution is -0.139. The van der Waals surface area contributed by atoms with Crippen LogP contribution in [0.5, 0.6) is 0 Å². The average Bonchev–Trinajstić information content (AvgIpc) is 3.07. The number of amides is 1. The van der Waals surface area contributed by atoms with Crippen molar-refractivity contribution in [1.29, 1.82) is 0 Å². The van der Waals surface area contributed by atoms with Crippen LogP contribution in [0.4, 0.5) is 4.79 Å². The summed E-state index contributed by atoms with van der Waals surface area (Å²) < 4.78 is 14.0. The Balaban J connectivity index is 1.65. The molecule has 0 N–H and O–H groups in total. The van der Waals surface area contributed by atoms with Gasteiger partial charge in [-0.15, -0.1) is 0 Å². The van der Waals surface area contributed by atoms with E-state index in [1.54, 1.807) is 4.57 Å². The SMILES string of the molecule is CC(C)(C)OC(=O)n1c2c(c3ccccc31)CCN1C(=O)C[C@@H](CCO[Si](C)(C)C(C)(C)C)C[C@@H]21. The highest BCUT2D eigenvalue weighted by molar-refractivity contribution is 6.74. The van der Waals surface area contributed by atoms with Gasteiger partial charge in [0.15, 0.2) is 8.32 Å². The van der Waals surface area contributed by atoms with E-state index >= 15 is 0 Å². The number of nitrogens with zero attached hydrogens (tertiary/aromatic N) is 2. The molecule has 0 saturated carbocycles. The number of benzene rings is 1. The number of carbonyl (C=O) groups is 2. The molecule has 35 heavy (non-hydrogen) atoms. The highest BCUT2D eigenvalue weighted by Gasteiger charge is 2.43. The van der Waals surface area contributed by atoms with Crippen LogP contribution in [-0.4, -0.2) is 48.5 Å². The molecule has 0 bridgehead atoms. The van der Waals surface area contributed by atoms with Crippen LogP contribution in [0.25, 0.3) is 10.9 Å². The van der Waals surface area contributed by atoms with Gasteiger partial charge in [0.1, 0.15) is 5.60 Å². The summed E-state index contributed by atoms with van der Waals surface area (Å²) in [6.07, 6.45) is 2.66. The molecule has 1 aromatic heterocycles. The maximum atomic E-state index is 13.4. The fourth-order valence-electron chi connectivity index (χ4n) is 5.20. The molecule has 3 heterocycles. The van der Waals surface area contributed by atoms with Crippen molar-refractivity contribution in [1.82, 2.24) is 9.47 Å². The zero-order valence-electron chi connectivity index (χ0n) is 22.7. The standard InChI is InChI=1S/C28H42N2O4Si/c1-27(2,3)34-26(32)30-22-12-10-9-11-20(22)21-13-15-29-23(25(21)30)17-19(18-24(29)31)14-16-33-35(7,8)28(4,5)6/h9-12,19,23H,13-18H2,1-8H3/t19-,23-/m0/s1. The van der Waals surface area contributed by atoms with Crippen LogP contribution >= 0.6 is 0 Å². The minimum Gasteiger partial charge on any atom is -0.443 e. The maximum absolute atomic E-state index is 13.4. The molecule has 2 aliphatic rings. The lowest BCUT2D eigenvalue weighted by Crippen LogP contribution is -2.47. The zero-order valence-corrected chi connectivity index (χ0v) is 23.7. The molecule has 2 atom stereocenters. The lowest BCUT2D eigenvalue weighted by atomic mass is 9.83. The van der Waals surface area contributed by atoms with Gasteiger partial charge in [-0.3, -0.25) is 4.79 Å². The zero-order chi connectivity index (χ0) is 25.8. The van der Waals surface area contributed by atoms with Gasteiger partial charge in [-0.25, -0.2) is 9.36 Å². The van der Waals surface area contributed by atoms with Crippen LogP contribution in [-0.2, 0) is 20.4 Å². The molecular weight excluding hydrogens is 456 g/mol. The molecule has 6 nitrogen and oxygen atoms in total. The fourth-order valence-corrected chi connectivity index (χ4v) is 6.26. The summed E-state index contributed by atoms with van der Waals surface area (Å²) in [7, 11) is -1.83. The molecular formula is C28H42N2O4Si. The molecule has 0 spiro atoms. The van der Waals surface area contributed by atoms with E-state index in [2.05, 4.69) is 39.9 Å². The third-order valence-corrected chi connectivity index (χ3v) is 12.6. The number of para-hydroxylation sites is 1. The number of rotatable bonds is 4. The van der Waals surface area contributed by atoms with Crippen molar-refractivity contribution >= 4 is 31.2 Å². The van der Waals surface area contributed by atoms with E-state index in [0.29, 0.717) is 19.6 Å². The second kappa shape index (κ2) is 9.07. The Labute approximate surface area is 211 Å². The van der Waals surface area contributed by atoms with Gasteiger partial charge in [0.05, 0.1) is 17.3 Å². The number of hydrogen-bond donors (Lipinski definition) is 0. The van der Waals surface area contributed by atoms with Crippen molar-refractivity contribution in [3.05, 3.63) is 35.5 Å². The monoisotopic (exact) mass is 498 g/mol. The Morgan fingerprint density at radius 3 is 2.46 bits per heavy atom. The van der Waals surface area contributed by atoms with Crippen LogP contribution < -0.4 is 0 Å². The largest absolute Gasteiger partial charge is 0.443 e. The predicted octanol–water partition coefficient (Wildman–Crippen LogP) is 6.67. The molecule has 0 radical (unpaired) electrons.